The van der Waals surface area contributed by atoms with Crippen LogP contribution in [0.25, 0.3) is 0 Å². The van der Waals surface area contributed by atoms with Crippen molar-refractivity contribution < 1.29 is 14.0 Å². The van der Waals surface area contributed by atoms with Gasteiger partial charge in [-0.1, -0.05) is 12.1 Å². The van der Waals surface area contributed by atoms with E-state index in [-0.39, 0.29) is 17.6 Å². The Morgan fingerprint density at radius 3 is 2.43 bits per heavy atom. The van der Waals surface area contributed by atoms with Crippen molar-refractivity contribution in [2.24, 2.45) is 0 Å². The molecular formula is C18H19FN2O2. The summed E-state index contributed by atoms with van der Waals surface area (Å²) in [6, 6.07) is 12.9. The van der Waals surface area contributed by atoms with Gasteiger partial charge in [-0.3, -0.25) is 9.59 Å². The van der Waals surface area contributed by atoms with Gasteiger partial charge < -0.3 is 10.2 Å². The van der Waals surface area contributed by atoms with Crippen molar-refractivity contribution in [3.63, 3.8) is 0 Å². The van der Waals surface area contributed by atoms with Crippen molar-refractivity contribution in [1.82, 2.24) is 5.32 Å². The van der Waals surface area contributed by atoms with E-state index in [0.717, 1.165) is 11.3 Å². The number of nitrogens with one attached hydrogen (secondary N) is 1. The van der Waals surface area contributed by atoms with E-state index in [1.54, 1.807) is 4.90 Å². The second kappa shape index (κ2) is 7.54. The highest BCUT2D eigenvalue weighted by molar-refractivity contribution is 5.94. The molecule has 0 aliphatic carbocycles. The van der Waals surface area contributed by atoms with Crippen LogP contribution in [0.1, 0.15) is 22.8 Å². The van der Waals surface area contributed by atoms with Gasteiger partial charge in [0.05, 0.1) is 0 Å². The number of hydrogen-bond acceptors (Lipinski definition) is 2. The average molecular weight is 314 g/mol. The summed E-state index contributed by atoms with van der Waals surface area (Å²) >= 11 is 0. The number of halogens is 1. The smallest absolute Gasteiger partial charge is 0.251 e. The lowest BCUT2D eigenvalue weighted by Crippen LogP contribution is -2.37. The van der Waals surface area contributed by atoms with Crippen molar-refractivity contribution in [3.8, 4) is 0 Å². The summed E-state index contributed by atoms with van der Waals surface area (Å²) in [6.07, 6.45) is 0. The van der Waals surface area contributed by atoms with Crippen LogP contribution in [0, 0.1) is 12.7 Å². The van der Waals surface area contributed by atoms with E-state index in [4.69, 9.17) is 0 Å². The first-order chi connectivity index (χ1) is 11.0. The lowest BCUT2D eigenvalue weighted by Gasteiger charge is -2.21. The number of amides is 2. The van der Waals surface area contributed by atoms with Crippen LogP contribution in [-0.2, 0) is 4.79 Å². The molecule has 2 amide bonds. The molecule has 120 valence electrons. The lowest BCUT2D eigenvalue weighted by atomic mass is 10.2. The van der Waals surface area contributed by atoms with Crippen molar-refractivity contribution in [3.05, 3.63) is 65.5 Å². The largest absolute Gasteiger partial charge is 0.350 e. The third kappa shape index (κ3) is 4.64. The summed E-state index contributed by atoms with van der Waals surface area (Å²) in [6.45, 7) is 4.12. The number of carbonyl (C=O) groups excluding carboxylic acids is 2. The standard InChI is InChI=1S/C18H19FN2O2/c1-13-4-3-5-17(12-13)21(14(2)22)11-10-20-18(23)15-6-8-16(19)9-7-15/h3-9,12H,10-11H2,1-2H3,(H,20,23). The minimum atomic E-state index is -0.385. The maximum absolute atomic E-state index is 12.8. The minimum Gasteiger partial charge on any atom is -0.350 e. The summed E-state index contributed by atoms with van der Waals surface area (Å²) in [5.74, 6) is -0.770. The molecule has 0 aromatic heterocycles. The van der Waals surface area contributed by atoms with Crippen molar-refractivity contribution in [2.75, 3.05) is 18.0 Å². The number of rotatable bonds is 5. The Labute approximate surface area is 134 Å². The molecule has 0 radical (unpaired) electrons. The Bertz CT molecular complexity index is 698. The van der Waals surface area contributed by atoms with Crippen LogP contribution in [-0.4, -0.2) is 24.9 Å². The molecule has 0 aliphatic heterocycles. The molecule has 0 atom stereocenters. The van der Waals surface area contributed by atoms with Crippen LogP contribution < -0.4 is 10.2 Å². The molecule has 0 saturated carbocycles. The predicted octanol–water partition coefficient (Wildman–Crippen LogP) is 2.92. The van der Waals surface area contributed by atoms with Gasteiger partial charge in [0, 0.05) is 31.3 Å². The fourth-order valence-corrected chi connectivity index (χ4v) is 2.25. The molecule has 0 heterocycles. The Hall–Kier alpha value is -2.69. The zero-order chi connectivity index (χ0) is 16.8. The molecule has 2 aromatic carbocycles. The molecule has 23 heavy (non-hydrogen) atoms. The van der Waals surface area contributed by atoms with Gasteiger partial charge in [0.1, 0.15) is 5.82 Å². The Kier molecular flexibility index (Phi) is 5.46. The monoisotopic (exact) mass is 314 g/mol. The molecule has 5 heteroatoms. The summed E-state index contributed by atoms with van der Waals surface area (Å²) < 4.78 is 12.8. The molecule has 1 N–H and O–H groups in total. The van der Waals surface area contributed by atoms with E-state index >= 15 is 0 Å². The van der Waals surface area contributed by atoms with Gasteiger partial charge in [0.2, 0.25) is 5.91 Å². The van der Waals surface area contributed by atoms with Gasteiger partial charge in [-0.2, -0.15) is 0 Å². The van der Waals surface area contributed by atoms with Crippen LogP contribution in [0.4, 0.5) is 10.1 Å². The summed E-state index contributed by atoms with van der Waals surface area (Å²) in [5, 5.41) is 2.73. The fraction of sp³-hybridized carbons (Fsp3) is 0.222. The first kappa shape index (κ1) is 16.7. The SMILES string of the molecule is CC(=O)N(CCNC(=O)c1ccc(F)cc1)c1cccc(C)c1. The van der Waals surface area contributed by atoms with Gasteiger partial charge >= 0.3 is 0 Å². The van der Waals surface area contributed by atoms with Crippen LogP contribution in [0.2, 0.25) is 0 Å². The fourth-order valence-electron chi connectivity index (χ4n) is 2.25. The second-order valence-corrected chi connectivity index (χ2v) is 5.27. The van der Waals surface area contributed by atoms with E-state index in [1.165, 1.54) is 31.2 Å². The van der Waals surface area contributed by atoms with Crippen molar-refractivity contribution in [2.45, 2.75) is 13.8 Å². The highest BCUT2D eigenvalue weighted by atomic mass is 19.1. The average Bonchev–Trinajstić information content (AvgIpc) is 2.51. The van der Waals surface area contributed by atoms with Crippen LogP contribution in [0.5, 0.6) is 0 Å². The molecule has 0 unspecified atom stereocenters. The molecule has 0 fully saturated rings. The van der Waals surface area contributed by atoms with E-state index < -0.39 is 0 Å². The number of benzene rings is 2. The molecule has 0 bridgehead atoms. The van der Waals surface area contributed by atoms with Gasteiger partial charge in [0.25, 0.3) is 5.91 Å². The first-order valence-electron chi connectivity index (χ1n) is 7.36. The van der Waals surface area contributed by atoms with Gasteiger partial charge in [-0.15, -0.1) is 0 Å². The summed E-state index contributed by atoms with van der Waals surface area (Å²) in [5.41, 5.74) is 2.24. The molecule has 0 aliphatic rings. The van der Waals surface area contributed by atoms with Crippen LogP contribution in [0.3, 0.4) is 0 Å². The molecular weight excluding hydrogens is 295 g/mol. The highest BCUT2D eigenvalue weighted by Gasteiger charge is 2.12. The Balaban J connectivity index is 1.96. The lowest BCUT2D eigenvalue weighted by molar-refractivity contribution is -0.116. The van der Waals surface area contributed by atoms with E-state index in [2.05, 4.69) is 5.32 Å². The number of aryl methyl sites for hydroxylation is 1. The highest BCUT2D eigenvalue weighted by Crippen LogP contribution is 2.15. The minimum absolute atomic E-state index is 0.0911. The molecule has 4 nitrogen and oxygen atoms in total. The first-order valence-corrected chi connectivity index (χ1v) is 7.36. The quantitative estimate of drug-likeness (QED) is 0.922. The number of carbonyl (C=O) groups is 2. The van der Waals surface area contributed by atoms with Gasteiger partial charge in [-0.25, -0.2) is 4.39 Å². The number of hydrogen-bond donors (Lipinski definition) is 1. The van der Waals surface area contributed by atoms with Crippen LogP contribution >= 0.6 is 0 Å². The molecule has 0 spiro atoms. The van der Waals surface area contributed by atoms with Crippen LogP contribution in [0.15, 0.2) is 48.5 Å². The van der Waals surface area contributed by atoms with E-state index in [9.17, 15) is 14.0 Å². The third-order valence-electron chi connectivity index (χ3n) is 3.42. The Morgan fingerprint density at radius 1 is 1.13 bits per heavy atom. The normalized spacial score (nSPS) is 10.2. The van der Waals surface area contributed by atoms with Gasteiger partial charge in [0.15, 0.2) is 0 Å². The van der Waals surface area contributed by atoms with E-state index in [0.29, 0.717) is 18.7 Å². The van der Waals surface area contributed by atoms with Crippen molar-refractivity contribution >= 4 is 17.5 Å². The van der Waals surface area contributed by atoms with Crippen molar-refractivity contribution in [1.29, 1.82) is 0 Å². The summed E-state index contributed by atoms with van der Waals surface area (Å²) in [4.78, 5) is 25.4. The number of nitrogens with zero attached hydrogens (tertiary/aromatic N) is 1. The second-order valence-electron chi connectivity index (χ2n) is 5.27. The third-order valence-corrected chi connectivity index (χ3v) is 3.42. The van der Waals surface area contributed by atoms with E-state index in [1.807, 2.05) is 31.2 Å². The molecule has 2 rings (SSSR count). The summed E-state index contributed by atoms with van der Waals surface area (Å²) in [7, 11) is 0. The van der Waals surface area contributed by atoms with Gasteiger partial charge in [-0.05, 0) is 48.9 Å². The zero-order valence-electron chi connectivity index (χ0n) is 13.2. The zero-order valence-corrected chi connectivity index (χ0v) is 13.2. The predicted molar refractivity (Wildman–Crippen MR) is 87.9 cm³/mol. The molecule has 2 aromatic rings. The Morgan fingerprint density at radius 2 is 1.83 bits per heavy atom. The maximum atomic E-state index is 12.8. The number of anilines is 1. The topological polar surface area (TPSA) is 49.4 Å². The maximum Gasteiger partial charge on any atom is 0.251 e. The molecule has 0 saturated heterocycles.